The maximum atomic E-state index is 13.2. The van der Waals surface area contributed by atoms with Gasteiger partial charge in [0.15, 0.2) is 9.84 Å². The van der Waals surface area contributed by atoms with Gasteiger partial charge >= 0.3 is 0 Å². The number of piperidine rings is 1. The predicted molar refractivity (Wildman–Crippen MR) is 134 cm³/mol. The number of aromatic nitrogens is 1. The summed E-state index contributed by atoms with van der Waals surface area (Å²) in [6.45, 7) is 7.54. The molecule has 1 aliphatic heterocycles. The van der Waals surface area contributed by atoms with Crippen LogP contribution in [0.2, 0.25) is 0 Å². The van der Waals surface area contributed by atoms with E-state index in [4.69, 9.17) is 0 Å². The molecule has 1 aliphatic rings. The molecule has 2 amide bonds. The van der Waals surface area contributed by atoms with Crippen molar-refractivity contribution in [1.82, 2.24) is 9.47 Å². The van der Waals surface area contributed by atoms with E-state index in [1.54, 1.807) is 34.9 Å². The second-order valence-electron chi connectivity index (χ2n) is 9.39. The van der Waals surface area contributed by atoms with E-state index in [0.717, 1.165) is 37.1 Å². The molecule has 2 heterocycles. The summed E-state index contributed by atoms with van der Waals surface area (Å²) in [5, 5.41) is 3.21. The van der Waals surface area contributed by atoms with Gasteiger partial charge in [0.2, 0.25) is 11.8 Å². The molecule has 180 valence electrons. The lowest BCUT2D eigenvalue weighted by molar-refractivity contribution is -0.133. The molecule has 8 heteroatoms. The van der Waals surface area contributed by atoms with Gasteiger partial charge in [0.05, 0.1) is 4.90 Å². The quantitative estimate of drug-likeness (QED) is 0.578. The molecule has 1 fully saturated rings. The number of rotatable bonds is 6. The topological polar surface area (TPSA) is 88.5 Å². The summed E-state index contributed by atoms with van der Waals surface area (Å²) in [7, 11) is -3.93. The average Bonchev–Trinajstić information content (AvgIpc) is 3.12. The lowest BCUT2D eigenvalue weighted by atomic mass is 9.99. The Balaban J connectivity index is 1.56. The number of likely N-dealkylation sites (tertiary alicyclic amines) is 1. The molecular formula is C26H31N3O4S. The smallest absolute Gasteiger partial charge is 0.242 e. The fourth-order valence-corrected chi connectivity index (χ4v) is 5.96. The number of para-hydroxylation sites is 1. The maximum absolute atomic E-state index is 13.2. The summed E-state index contributed by atoms with van der Waals surface area (Å²) in [6, 6.07) is 12.7. The number of carbonyl (C=O) groups excluding carboxylic acids is 2. The van der Waals surface area contributed by atoms with Crippen LogP contribution in [0.1, 0.15) is 30.9 Å². The molecule has 0 atom stereocenters. The summed E-state index contributed by atoms with van der Waals surface area (Å²) in [5.41, 5.74) is 3.19. The minimum absolute atomic E-state index is 0.0239. The number of amides is 2. The van der Waals surface area contributed by atoms with Crippen molar-refractivity contribution in [2.75, 3.05) is 24.2 Å². The number of aryl methyl sites for hydroxylation is 2. The van der Waals surface area contributed by atoms with Crippen molar-refractivity contribution in [2.45, 2.75) is 45.1 Å². The summed E-state index contributed by atoms with van der Waals surface area (Å²) in [5.74, 6) is -0.682. The second kappa shape index (κ2) is 9.62. The second-order valence-corrected chi connectivity index (χ2v) is 11.3. The Morgan fingerprint density at radius 3 is 2.35 bits per heavy atom. The van der Waals surface area contributed by atoms with Crippen LogP contribution in [0.4, 0.5) is 5.69 Å². The molecule has 1 saturated heterocycles. The third kappa shape index (κ3) is 5.33. The van der Waals surface area contributed by atoms with Crippen molar-refractivity contribution in [3.05, 3.63) is 59.8 Å². The Labute approximate surface area is 200 Å². The van der Waals surface area contributed by atoms with Gasteiger partial charge in [-0.3, -0.25) is 9.59 Å². The van der Waals surface area contributed by atoms with Gasteiger partial charge in [0.1, 0.15) is 12.3 Å². The highest BCUT2D eigenvalue weighted by Crippen LogP contribution is 2.27. The highest BCUT2D eigenvalue weighted by atomic mass is 32.2. The zero-order valence-electron chi connectivity index (χ0n) is 19.9. The first-order valence-electron chi connectivity index (χ1n) is 11.6. The number of carbonyl (C=O) groups is 2. The average molecular weight is 482 g/mol. The third-order valence-corrected chi connectivity index (χ3v) is 7.99. The molecular weight excluding hydrogens is 450 g/mol. The number of benzene rings is 2. The first-order valence-corrected chi connectivity index (χ1v) is 13.2. The minimum Gasteiger partial charge on any atom is -0.341 e. The van der Waals surface area contributed by atoms with Gasteiger partial charge in [-0.2, -0.15) is 0 Å². The fourth-order valence-electron chi connectivity index (χ4n) is 4.59. The van der Waals surface area contributed by atoms with Crippen molar-refractivity contribution in [3.8, 4) is 0 Å². The predicted octanol–water partition coefficient (Wildman–Crippen LogP) is 3.93. The van der Waals surface area contributed by atoms with Gasteiger partial charge < -0.3 is 14.8 Å². The molecule has 0 bridgehead atoms. The van der Waals surface area contributed by atoms with E-state index in [2.05, 4.69) is 12.2 Å². The fraction of sp³-hybridized carbons (Fsp3) is 0.385. The Hall–Kier alpha value is -3.13. The Morgan fingerprint density at radius 1 is 1.03 bits per heavy atom. The third-order valence-electron chi connectivity index (χ3n) is 6.36. The molecule has 1 N–H and O–H groups in total. The van der Waals surface area contributed by atoms with Crippen LogP contribution in [0.3, 0.4) is 0 Å². The van der Waals surface area contributed by atoms with E-state index in [-0.39, 0.29) is 17.3 Å². The number of nitrogens with one attached hydrogen (secondary N) is 1. The van der Waals surface area contributed by atoms with Crippen molar-refractivity contribution in [3.63, 3.8) is 0 Å². The number of fused-ring (bicyclic) bond motifs is 1. The molecule has 7 nitrogen and oxygen atoms in total. The van der Waals surface area contributed by atoms with Crippen molar-refractivity contribution in [2.24, 2.45) is 5.92 Å². The van der Waals surface area contributed by atoms with Gasteiger partial charge in [-0.15, -0.1) is 0 Å². The number of hydrogen-bond acceptors (Lipinski definition) is 4. The highest BCUT2D eigenvalue weighted by molar-refractivity contribution is 7.92. The number of sulfone groups is 1. The summed E-state index contributed by atoms with van der Waals surface area (Å²) >= 11 is 0. The van der Waals surface area contributed by atoms with Gasteiger partial charge in [0.25, 0.3) is 0 Å². The molecule has 1 aromatic heterocycles. The first-order chi connectivity index (χ1) is 16.1. The van der Waals surface area contributed by atoms with Crippen LogP contribution in [0.25, 0.3) is 10.9 Å². The van der Waals surface area contributed by atoms with E-state index in [0.29, 0.717) is 22.5 Å². The SMILES string of the molecule is Cc1cc(C)cc(NC(=O)CS(=O)(=O)c2cn(CC(=O)N3CCC(C)CC3)c3ccccc23)c1. The van der Waals surface area contributed by atoms with Gasteiger partial charge in [-0.25, -0.2) is 8.42 Å². The van der Waals surface area contributed by atoms with Crippen LogP contribution in [-0.2, 0) is 26.0 Å². The monoisotopic (exact) mass is 481 g/mol. The van der Waals surface area contributed by atoms with Crippen molar-refractivity contribution in [1.29, 1.82) is 0 Å². The molecule has 3 aromatic rings. The first kappa shape index (κ1) is 24.0. The van der Waals surface area contributed by atoms with Gasteiger partial charge in [0, 0.05) is 35.9 Å². The maximum Gasteiger partial charge on any atom is 0.242 e. The standard InChI is InChI=1S/C26H31N3O4S/c1-18-8-10-28(11-9-18)26(31)16-29-15-24(22-6-4-5-7-23(22)29)34(32,33)17-25(30)27-21-13-19(2)12-20(3)14-21/h4-7,12-15,18H,8-11,16-17H2,1-3H3,(H,27,30). The summed E-state index contributed by atoms with van der Waals surface area (Å²) in [4.78, 5) is 27.4. The van der Waals surface area contributed by atoms with Crippen LogP contribution in [0.5, 0.6) is 0 Å². The minimum atomic E-state index is -3.93. The number of anilines is 1. The molecule has 0 unspecified atom stereocenters. The van der Waals surface area contributed by atoms with Crippen LogP contribution >= 0.6 is 0 Å². The van der Waals surface area contributed by atoms with Crippen molar-refractivity contribution >= 4 is 38.2 Å². The summed E-state index contributed by atoms with van der Waals surface area (Å²) in [6.07, 6.45) is 3.45. The normalized spacial score (nSPS) is 15.0. The van der Waals surface area contributed by atoms with E-state index in [1.807, 2.05) is 30.9 Å². The zero-order chi connectivity index (χ0) is 24.5. The van der Waals surface area contributed by atoms with Crippen LogP contribution in [0, 0.1) is 19.8 Å². The molecule has 0 radical (unpaired) electrons. The van der Waals surface area contributed by atoms with Gasteiger partial charge in [-0.1, -0.05) is 31.2 Å². The zero-order valence-corrected chi connectivity index (χ0v) is 20.7. The molecule has 34 heavy (non-hydrogen) atoms. The van der Waals surface area contributed by atoms with Crippen LogP contribution in [0.15, 0.2) is 53.6 Å². The molecule has 0 saturated carbocycles. The molecule has 2 aromatic carbocycles. The summed E-state index contributed by atoms with van der Waals surface area (Å²) < 4.78 is 28.2. The van der Waals surface area contributed by atoms with Crippen molar-refractivity contribution < 1.29 is 18.0 Å². The van der Waals surface area contributed by atoms with E-state index >= 15 is 0 Å². The Morgan fingerprint density at radius 2 is 1.68 bits per heavy atom. The van der Waals surface area contributed by atoms with E-state index in [1.165, 1.54) is 6.20 Å². The van der Waals surface area contributed by atoms with Crippen LogP contribution < -0.4 is 5.32 Å². The van der Waals surface area contributed by atoms with E-state index < -0.39 is 21.5 Å². The molecule has 0 spiro atoms. The van der Waals surface area contributed by atoms with E-state index in [9.17, 15) is 18.0 Å². The molecule has 4 rings (SSSR count). The lowest BCUT2D eigenvalue weighted by Gasteiger charge is -2.30. The lowest BCUT2D eigenvalue weighted by Crippen LogP contribution is -2.39. The Bertz CT molecular complexity index is 1320. The highest BCUT2D eigenvalue weighted by Gasteiger charge is 2.26. The largest absolute Gasteiger partial charge is 0.341 e. The molecule has 0 aliphatic carbocycles. The van der Waals surface area contributed by atoms with Gasteiger partial charge in [-0.05, 0) is 61.9 Å². The number of nitrogens with zero attached hydrogens (tertiary/aromatic N) is 2. The van der Waals surface area contributed by atoms with Crippen LogP contribution in [-0.4, -0.2) is 48.5 Å². The number of hydrogen-bond donors (Lipinski definition) is 1. The Kier molecular flexibility index (Phi) is 6.79.